The van der Waals surface area contributed by atoms with Gasteiger partial charge in [0.15, 0.2) is 0 Å². The number of ether oxygens (including phenoxy) is 1. The SMILES string of the molecule is Cc1nc(-c2cccnc2)sc1OC(=O)Cl. The van der Waals surface area contributed by atoms with Crippen LogP contribution in [0.25, 0.3) is 10.6 Å². The van der Waals surface area contributed by atoms with Crippen molar-refractivity contribution in [2.75, 3.05) is 0 Å². The average molecular weight is 255 g/mol. The number of carbonyl (C=O) groups is 1. The third-order valence-electron chi connectivity index (χ3n) is 1.84. The number of nitrogens with zero attached hydrogens (tertiary/aromatic N) is 2. The van der Waals surface area contributed by atoms with Crippen LogP contribution in [0.4, 0.5) is 4.79 Å². The predicted molar refractivity (Wildman–Crippen MR) is 62.0 cm³/mol. The fraction of sp³-hybridized carbons (Fsp3) is 0.100. The maximum Gasteiger partial charge on any atom is 0.410 e. The van der Waals surface area contributed by atoms with Crippen LogP contribution in [0.3, 0.4) is 0 Å². The maximum absolute atomic E-state index is 10.6. The van der Waals surface area contributed by atoms with Gasteiger partial charge in [-0.1, -0.05) is 11.3 Å². The van der Waals surface area contributed by atoms with Crippen molar-refractivity contribution in [3.63, 3.8) is 0 Å². The van der Waals surface area contributed by atoms with E-state index in [0.717, 1.165) is 10.6 Å². The number of hydrogen-bond donors (Lipinski definition) is 0. The molecule has 0 aliphatic carbocycles. The van der Waals surface area contributed by atoms with Gasteiger partial charge in [-0.2, -0.15) is 0 Å². The van der Waals surface area contributed by atoms with Crippen LogP contribution < -0.4 is 4.74 Å². The zero-order valence-corrected chi connectivity index (χ0v) is 9.88. The molecule has 2 heterocycles. The molecule has 6 heteroatoms. The van der Waals surface area contributed by atoms with E-state index in [9.17, 15) is 4.79 Å². The minimum Gasteiger partial charge on any atom is -0.401 e. The topological polar surface area (TPSA) is 52.1 Å². The number of pyridine rings is 1. The molecular weight excluding hydrogens is 248 g/mol. The first-order valence-corrected chi connectivity index (χ1v) is 5.61. The van der Waals surface area contributed by atoms with Crippen molar-refractivity contribution < 1.29 is 9.53 Å². The Kier molecular flexibility index (Phi) is 3.17. The molecule has 0 fully saturated rings. The van der Waals surface area contributed by atoms with Crippen molar-refractivity contribution in [1.29, 1.82) is 0 Å². The van der Waals surface area contributed by atoms with Crippen molar-refractivity contribution >= 4 is 28.4 Å². The summed E-state index contributed by atoms with van der Waals surface area (Å²) in [5.41, 5.74) is 0.662. The van der Waals surface area contributed by atoms with Crippen LogP contribution in [-0.2, 0) is 0 Å². The Morgan fingerprint density at radius 2 is 2.38 bits per heavy atom. The van der Waals surface area contributed by atoms with Gasteiger partial charge in [0.2, 0.25) is 5.06 Å². The molecule has 0 saturated carbocycles. The number of thiazole rings is 1. The molecule has 0 bridgehead atoms. The van der Waals surface area contributed by atoms with Gasteiger partial charge in [-0.25, -0.2) is 9.78 Å². The molecule has 2 aromatic heterocycles. The fourth-order valence-corrected chi connectivity index (χ4v) is 2.19. The van der Waals surface area contributed by atoms with Gasteiger partial charge >= 0.3 is 5.43 Å². The predicted octanol–water partition coefficient (Wildman–Crippen LogP) is 3.25. The lowest BCUT2D eigenvalue weighted by Gasteiger charge is -1.93. The van der Waals surface area contributed by atoms with Crippen molar-refractivity contribution in [2.24, 2.45) is 0 Å². The average Bonchev–Trinajstić information content (AvgIpc) is 2.61. The molecule has 0 aromatic carbocycles. The molecule has 0 aliphatic heterocycles. The Labute approximate surface area is 101 Å². The lowest BCUT2D eigenvalue weighted by atomic mass is 10.3. The van der Waals surface area contributed by atoms with Crippen molar-refractivity contribution in [3.8, 4) is 15.6 Å². The Balaban J connectivity index is 2.34. The van der Waals surface area contributed by atoms with Crippen LogP contribution in [0.5, 0.6) is 5.06 Å². The zero-order chi connectivity index (χ0) is 11.5. The molecular formula is C10H7ClN2O2S. The summed E-state index contributed by atoms with van der Waals surface area (Å²) in [4.78, 5) is 18.9. The van der Waals surface area contributed by atoms with Crippen LogP contribution in [-0.4, -0.2) is 15.4 Å². The molecule has 4 nitrogen and oxygen atoms in total. The number of aromatic nitrogens is 2. The van der Waals surface area contributed by atoms with E-state index in [1.165, 1.54) is 11.3 Å². The third kappa shape index (κ3) is 2.37. The largest absolute Gasteiger partial charge is 0.410 e. The Morgan fingerprint density at radius 3 is 3.00 bits per heavy atom. The first-order valence-electron chi connectivity index (χ1n) is 4.42. The molecule has 0 amide bonds. The third-order valence-corrected chi connectivity index (χ3v) is 3.00. The molecule has 0 aliphatic rings. The van der Waals surface area contributed by atoms with Crippen molar-refractivity contribution in [3.05, 3.63) is 30.2 Å². The normalized spacial score (nSPS) is 10.1. The number of hydrogen-bond acceptors (Lipinski definition) is 5. The second-order valence-corrected chi connectivity index (χ2v) is 4.24. The van der Waals surface area contributed by atoms with E-state index >= 15 is 0 Å². The second kappa shape index (κ2) is 4.59. The smallest absolute Gasteiger partial charge is 0.401 e. The summed E-state index contributed by atoms with van der Waals surface area (Å²) in [6.07, 6.45) is 3.38. The van der Waals surface area contributed by atoms with Gasteiger partial charge in [-0.3, -0.25) is 4.98 Å². The minimum absolute atomic E-state index is 0.416. The molecule has 0 atom stereocenters. The standard InChI is InChI=1S/C10H7ClN2O2S/c1-6-9(15-10(11)14)16-8(13-6)7-3-2-4-12-5-7/h2-5H,1H3. The lowest BCUT2D eigenvalue weighted by molar-refractivity contribution is 0.226. The van der Waals surface area contributed by atoms with Crippen LogP contribution in [0.2, 0.25) is 0 Å². The van der Waals surface area contributed by atoms with Gasteiger partial charge < -0.3 is 4.74 Å². The summed E-state index contributed by atoms with van der Waals surface area (Å²) in [5, 5.41) is 1.16. The zero-order valence-electron chi connectivity index (χ0n) is 8.31. The highest BCUT2D eigenvalue weighted by Gasteiger charge is 2.12. The molecule has 0 spiro atoms. The van der Waals surface area contributed by atoms with Crippen LogP contribution in [0.15, 0.2) is 24.5 Å². The minimum atomic E-state index is -0.857. The molecule has 0 radical (unpaired) electrons. The van der Waals surface area contributed by atoms with Gasteiger partial charge in [0, 0.05) is 29.6 Å². The molecule has 0 saturated heterocycles. The number of rotatable bonds is 2. The molecule has 2 rings (SSSR count). The summed E-state index contributed by atoms with van der Waals surface area (Å²) in [6, 6.07) is 3.71. The fourth-order valence-electron chi connectivity index (χ4n) is 1.16. The maximum atomic E-state index is 10.6. The summed E-state index contributed by atoms with van der Waals surface area (Å²) in [7, 11) is 0. The Hall–Kier alpha value is -1.46. The van der Waals surface area contributed by atoms with E-state index in [1.807, 2.05) is 12.1 Å². The van der Waals surface area contributed by atoms with Gasteiger partial charge in [0.05, 0.1) is 5.69 Å². The van der Waals surface area contributed by atoms with Gasteiger partial charge in [0.25, 0.3) is 0 Å². The van der Waals surface area contributed by atoms with Crippen LogP contribution >= 0.6 is 22.9 Å². The van der Waals surface area contributed by atoms with E-state index < -0.39 is 5.43 Å². The van der Waals surface area contributed by atoms with Crippen molar-refractivity contribution in [2.45, 2.75) is 6.92 Å². The molecule has 2 aromatic rings. The molecule has 0 unspecified atom stereocenters. The number of halogens is 1. The van der Waals surface area contributed by atoms with Gasteiger partial charge in [-0.15, -0.1) is 0 Å². The quantitative estimate of drug-likeness (QED) is 0.772. The second-order valence-electron chi connectivity index (χ2n) is 2.97. The summed E-state index contributed by atoms with van der Waals surface area (Å²) in [5.74, 6) is 0. The van der Waals surface area contributed by atoms with E-state index in [2.05, 4.69) is 9.97 Å². The molecule has 16 heavy (non-hydrogen) atoms. The van der Waals surface area contributed by atoms with E-state index in [-0.39, 0.29) is 0 Å². The van der Waals surface area contributed by atoms with E-state index in [1.54, 1.807) is 19.3 Å². The summed E-state index contributed by atoms with van der Waals surface area (Å²) >= 11 is 6.41. The molecule has 82 valence electrons. The summed E-state index contributed by atoms with van der Waals surface area (Å²) < 4.78 is 4.81. The van der Waals surface area contributed by atoms with Crippen molar-refractivity contribution in [1.82, 2.24) is 9.97 Å². The molecule has 0 N–H and O–H groups in total. The van der Waals surface area contributed by atoms with E-state index in [4.69, 9.17) is 16.3 Å². The van der Waals surface area contributed by atoms with Crippen LogP contribution in [0, 0.1) is 6.92 Å². The van der Waals surface area contributed by atoms with E-state index in [0.29, 0.717) is 10.8 Å². The number of aryl methyl sites for hydroxylation is 1. The highest BCUT2D eigenvalue weighted by molar-refractivity contribution is 7.17. The Bertz CT molecular complexity index is 513. The summed E-state index contributed by atoms with van der Waals surface area (Å²) in [6.45, 7) is 1.76. The monoisotopic (exact) mass is 254 g/mol. The van der Waals surface area contributed by atoms with Crippen LogP contribution in [0.1, 0.15) is 5.69 Å². The van der Waals surface area contributed by atoms with Gasteiger partial charge in [0.1, 0.15) is 5.01 Å². The number of carbonyl (C=O) groups excluding carboxylic acids is 1. The highest BCUT2D eigenvalue weighted by Crippen LogP contribution is 2.33. The first kappa shape index (κ1) is 11.0. The lowest BCUT2D eigenvalue weighted by Crippen LogP contribution is -1.94. The highest BCUT2D eigenvalue weighted by atomic mass is 35.5. The van der Waals surface area contributed by atoms with Gasteiger partial charge in [-0.05, 0) is 19.1 Å². The Morgan fingerprint density at radius 1 is 1.56 bits per heavy atom. The first-order chi connectivity index (χ1) is 7.66.